The van der Waals surface area contributed by atoms with Crippen LogP contribution in [0.1, 0.15) is 39.0 Å². The van der Waals surface area contributed by atoms with E-state index < -0.39 is 10.0 Å². The lowest BCUT2D eigenvalue weighted by atomic mass is 9.95. The first kappa shape index (κ1) is 16.3. The smallest absolute Gasteiger partial charge is 0.243 e. The highest BCUT2D eigenvalue weighted by atomic mass is 32.2. The van der Waals surface area contributed by atoms with Gasteiger partial charge in [0, 0.05) is 29.0 Å². The van der Waals surface area contributed by atoms with Crippen molar-refractivity contribution in [3.05, 3.63) is 36.4 Å². The number of sulfonamides is 1. The summed E-state index contributed by atoms with van der Waals surface area (Å²) >= 11 is 0. The maximum absolute atomic E-state index is 13.3. The highest BCUT2D eigenvalue weighted by molar-refractivity contribution is 7.89. The molecule has 2 aromatic rings. The molecular weight excluding hydrogens is 308 g/mol. The van der Waals surface area contributed by atoms with Gasteiger partial charge in [0.05, 0.1) is 4.90 Å². The van der Waals surface area contributed by atoms with Gasteiger partial charge in [-0.25, -0.2) is 8.42 Å². The van der Waals surface area contributed by atoms with E-state index in [1.165, 1.54) is 6.42 Å². The van der Waals surface area contributed by atoms with Crippen molar-refractivity contribution in [1.82, 2.24) is 4.31 Å². The van der Waals surface area contributed by atoms with Crippen LogP contribution in [0.2, 0.25) is 0 Å². The molecule has 0 unspecified atom stereocenters. The molecule has 1 aliphatic carbocycles. The molecule has 23 heavy (non-hydrogen) atoms. The lowest BCUT2D eigenvalue weighted by Gasteiger charge is -2.32. The van der Waals surface area contributed by atoms with Crippen molar-refractivity contribution in [3.63, 3.8) is 0 Å². The minimum absolute atomic E-state index is 0.120. The number of nitrogen functional groups attached to an aromatic ring is 1. The monoisotopic (exact) mass is 332 g/mol. The molecule has 0 amide bonds. The summed E-state index contributed by atoms with van der Waals surface area (Å²) < 4.78 is 28.2. The molecule has 0 bridgehead atoms. The fourth-order valence-electron chi connectivity index (χ4n) is 3.65. The molecule has 5 heteroatoms. The predicted octanol–water partition coefficient (Wildman–Crippen LogP) is 3.77. The highest BCUT2D eigenvalue weighted by Gasteiger charge is 2.32. The van der Waals surface area contributed by atoms with Gasteiger partial charge in [-0.1, -0.05) is 50.5 Å². The number of benzene rings is 2. The first-order valence-electron chi connectivity index (χ1n) is 8.34. The Labute approximate surface area is 138 Å². The quantitative estimate of drug-likeness (QED) is 0.867. The van der Waals surface area contributed by atoms with Gasteiger partial charge in [-0.05, 0) is 25.0 Å². The minimum Gasteiger partial charge on any atom is -0.398 e. The summed E-state index contributed by atoms with van der Waals surface area (Å²) in [7, 11) is -3.52. The number of nitrogens with two attached hydrogens (primary N) is 1. The molecule has 1 aliphatic rings. The molecule has 0 atom stereocenters. The Bertz CT molecular complexity index is 796. The maximum Gasteiger partial charge on any atom is 0.243 e. The first-order valence-corrected chi connectivity index (χ1v) is 9.78. The third kappa shape index (κ3) is 2.95. The second kappa shape index (κ2) is 6.49. The first-order chi connectivity index (χ1) is 11.1. The molecule has 2 N–H and O–H groups in total. The zero-order valence-corrected chi connectivity index (χ0v) is 14.3. The van der Waals surface area contributed by atoms with Crippen LogP contribution < -0.4 is 5.73 Å². The van der Waals surface area contributed by atoms with E-state index in [2.05, 4.69) is 0 Å². The molecule has 0 saturated heterocycles. The van der Waals surface area contributed by atoms with Crippen molar-refractivity contribution in [2.75, 3.05) is 12.3 Å². The number of rotatable bonds is 4. The number of hydrogen-bond acceptors (Lipinski definition) is 3. The largest absolute Gasteiger partial charge is 0.398 e. The summed E-state index contributed by atoms with van der Waals surface area (Å²) in [6.45, 7) is 2.43. The van der Waals surface area contributed by atoms with Gasteiger partial charge in [-0.3, -0.25) is 0 Å². The zero-order valence-electron chi connectivity index (χ0n) is 13.5. The summed E-state index contributed by atoms with van der Waals surface area (Å²) in [6.07, 6.45) is 5.34. The normalized spacial score (nSPS) is 17.0. The van der Waals surface area contributed by atoms with E-state index in [0.717, 1.165) is 31.1 Å². The second-order valence-corrected chi connectivity index (χ2v) is 8.06. The summed E-state index contributed by atoms with van der Waals surface area (Å²) in [5.41, 5.74) is 6.62. The van der Waals surface area contributed by atoms with E-state index in [0.29, 0.717) is 22.5 Å². The van der Waals surface area contributed by atoms with Gasteiger partial charge >= 0.3 is 0 Å². The lowest BCUT2D eigenvalue weighted by Crippen LogP contribution is -2.41. The Kier molecular flexibility index (Phi) is 4.60. The summed E-state index contributed by atoms with van der Waals surface area (Å²) in [5, 5.41) is 1.51. The van der Waals surface area contributed by atoms with E-state index >= 15 is 0 Å². The molecule has 0 spiro atoms. The van der Waals surface area contributed by atoms with Gasteiger partial charge in [0.1, 0.15) is 0 Å². The van der Waals surface area contributed by atoms with Crippen molar-refractivity contribution in [3.8, 4) is 0 Å². The fourth-order valence-corrected chi connectivity index (χ4v) is 5.55. The Hall–Kier alpha value is -1.59. The van der Waals surface area contributed by atoms with Crippen molar-refractivity contribution in [1.29, 1.82) is 0 Å². The Morgan fingerprint density at radius 2 is 1.70 bits per heavy atom. The van der Waals surface area contributed by atoms with Gasteiger partial charge < -0.3 is 5.73 Å². The van der Waals surface area contributed by atoms with Crippen molar-refractivity contribution >= 4 is 26.5 Å². The molecule has 124 valence electrons. The van der Waals surface area contributed by atoms with Crippen LogP contribution in [-0.4, -0.2) is 25.3 Å². The standard InChI is InChI=1S/C18H24N2O2S/c1-2-20(14-8-4-3-5-9-14)23(21,22)18-13-7-10-15-16(18)11-6-12-17(15)19/h6-7,10-14H,2-5,8-9,19H2,1H3. The summed E-state index contributed by atoms with van der Waals surface area (Å²) in [4.78, 5) is 0.370. The van der Waals surface area contributed by atoms with E-state index in [4.69, 9.17) is 5.73 Å². The molecule has 0 heterocycles. The molecule has 4 nitrogen and oxygen atoms in total. The van der Waals surface area contributed by atoms with Gasteiger partial charge in [-0.15, -0.1) is 0 Å². The Morgan fingerprint density at radius 1 is 1.04 bits per heavy atom. The molecule has 1 fully saturated rings. The second-order valence-electron chi connectivity index (χ2n) is 6.20. The Morgan fingerprint density at radius 3 is 2.39 bits per heavy atom. The van der Waals surface area contributed by atoms with E-state index in [-0.39, 0.29) is 6.04 Å². The van der Waals surface area contributed by atoms with Crippen LogP contribution in [0.15, 0.2) is 41.3 Å². The molecule has 0 aromatic heterocycles. The number of hydrogen-bond donors (Lipinski definition) is 1. The molecular formula is C18H24N2O2S. The molecule has 0 aliphatic heterocycles. The van der Waals surface area contributed by atoms with Crippen LogP contribution in [-0.2, 0) is 10.0 Å². The topological polar surface area (TPSA) is 63.4 Å². The van der Waals surface area contributed by atoms with Gasteiger partial charge in [0.15, 0.2) is 0 Å². The van der Waals surface area contributed by atoms with Crippen molar-refractivity contribution in [2.45, 2.75) is 50.0 Å². The van der Waals surface area contributed by atoms with Crippen LogP contribution in [0.25, 0.3) is 10.8 Å². The number of anilines is 1. The average Bonchev–Trinajstić information content (AvgIpc) is 2.56. The molecule has 2 aromatic carbocycles. The molecule has 3 rings (SSSR count). The van der Waals surface area contributed by atoms with Crippen LogP contribution in [0.5, 0.6) is 0 Å². The third-order valence-corrected chi connectivity index (χ3v) is 6.88. The maximum atomic E-state index is 13.3. The van der Waals surface area contributed by atoms with Crippen molar-refractivity contribution in [2.24, 2.45) is 0 Å². The van der Waals surface area contributed by atoms with Crippen molar-refractivity contribution < 1.29 is 8.42 Å². The van der Waals surface area contributed by atoms with E-state index in [1.54, 1.807) is 22.5 Å². The van der Waals surface area contributed by atoms with Crippen LogP contribution in [0.4, 0.5) is 5.69 Å². The average molecular weight is 332 g/mol. The van der Waals surface area contributed by atoms with Crippen LogP contribution >= 0.6 is 0 Å². The van der Waals surface area contributed by atoms with E-state index in [1.807, 2.05) is 25.1 Å². The molecule has 1 saturated carbocycles. The van der Waals surface area contributed by atoms with Crippen LogP contribution in [0, 0.1) is 0 Å². The highest BCUT2D eigenvalue weighted by Crippen LogP contribution is 2.32. The van der Waals surface area contributed by atoms with Gasteiger partial charge in [0.25, 0.3) is 0 Å². The Balaban J connectivity index is 2.10. The van der Waals surface area contributed by atoms with Gasteiger partial charge in [-0.2, -0.15) is 4.31 Å². The predicted molar refractivity (Wildman–Crippen MR) is 94.8 cm³/mol. The SMILES string of the molecule is CCN(C1CCCCC1)S(=O)(=O)c1cccc2c(N)cccc12. The fraction of sp³-hybridized carbons (Fsp3) is 0.444. The van der Waals surface area contributed by atoms with Gasteiger partial charge in [0.2, 0.25) is 10.0 Å². The zero-order chi connectivity index (χ0) is 16.4. The summed E-state index contributed by atoms with van der Waals surface area (Å²) in [6, 6.07) is 10.9. The van der Waals surface area contributed by atoms with Crippen LogP contribution in [0.3, 0.4) is 0 Å². The lowest BCUT2D eigenvalue weighted by molar-refractivity contribution is 0.261. The number of fused-ring (bicyclic) bond motifs is 1. The molecule has 0 radical (unpaired) electrons. The number of nitrogens with zero attached hydrogens (tertiary/aromatic N) is 1. The minimum atomic E-state index is -3.52. The third-order valence-electron chi connectivity index (χ3n) is 4.80. The summed E-state index contributed by atoms with van der Waals surface area (Å²) in [5.74, 6) is 0. The van der Waals surface area contributed by atoms with E-state index in [9.17, 15) is 8.42 Å².